The lowest BCUT2D eigenvalue weighted by atomic mass is 10.1. The summed E-state index contributed by atoms with van der Waals surface area (Å²) in [7, 11) is 4.12. The van der Waals surface area contributed by atoms with Crippen LogP contribution in [0, 0.1) is 0 Å². The Hall–Kier alpha value is -2.70. The summed E-state index contributed by atoms with van der Waals surface area (Å²) < 4.78 is 0. The maximum absolute atomic E-state index is 11.8. The minimum Gasteiger partial charge on any atom is -0.369 e. The molecular weight excluding hydrogens is 374 g/mol. The molecule has 3 rings (SSSR count). The Morgan fingerprint density at radius 2 is 1.82 bits per heavy atom. The highest BCUT2D eigenvalue weighted by Crippen LogP contribution is 2.29. The third-order valence-electron chi connectivity index (χ3n) is 4.24. The summed E-state index contributed by atoms with van der Waals surface area (Å²) in [6.45, 7) is 1.80. The maximum Gasteiger partial charge on any atom is 0.239 e. The van der Waals surface area contributed by atoms with Gasteiger partial charge in [-0.15, -0.1) is 11.6 Å². The van der Waals surface area contributed by atoms with Crippen LogP contribution in [0.4, 0.5) is 11.5 Å². The molecule has 2 N–H and O–H groups in total. The van der Waals surface area contributed by atoms with Gasteiger partial charge in [0.05, 0.1) is 11.2 Å². The molecule has 7 heteroatoms. The molecule has 0 bridgehead atoms. The molecule has 146 valence electrons. The van der Waals surface area contributed by atoms with Crippen LogP contribution in [-0.4, -0.2) is 53.8 Å². The summed E-state index contributed by atoms with van der Waals surface area (Å²) in [4.78, 5) is 23.4. The SMILES string of the molecule is CN(C)CCCNc1nc(-c2ccccc2NC(=O)CCl)nc2ccccc12. The number of benzene rings is 2. The highest BCUT2D eigenvalue weighted by atomic mass is 35.5. The highest BCUT2D eigenvalue weighted by molar-refractivity contribution is 6.29. The van der Waals surface area contributed by atoms with Crippen molar-refractivity contribution in [1.82, 2.24) is 14.9 Å². The molecule has 1 heterocycles. The number of halogens is 1. The van der Waals surface area contributed by atoms with Gasteiger partial charge in [0.25, 0.3) is 0 Å². The summed E-state index contributed by atoms with van der Waals surface area (Å²) in [5.74, 6) is 0.972. The number of rotatable bonds is 8. The van der Waals surface area contributed by atoms with E-state index in [0.717, 1.165) is 41.8 Å². The molecule has 3 aromatic rings. The van der Waals surface area contributed by atoms with Gasteiger partial charge in [0.1, 0.15) is 11.7 Å². The number of fused-ring (bicyclic) bond motifs is 1. The van der Waals surface area contributed by atoms with Crippen LogP contribution in [-0.2, 0) is 4.79 Å². The molecule has 0 spiro atoms. The molecule has 2 aromatic carbocycles. The molecule has 6 nitrogen and oxygen atoms in total. The summed E-state index contributed by atoms with van der Waals surface area (Å²) >= 11 is 5.64. The van der Waals surface area contributed by atoms with Gasteiger partial charge in [0.2, 0.25) is 5.91 Å². The average Bonchev–Trinajstić information content (AvgIpc) is 2.71. The quantitative estimate of drug-likeness (QED) is 0.446. The lowest BCUT2D eigenvalue weighted by Gasteiger charge is -2.14. The van der Waals surface area contributed by atoms with Crippen molar-refractivity contribution in [2.75, 3.05) is 43.7 Å². The van der Waals surface area contributed by atoms with Gasteiger partial charge >= 0.3 is 0 Å². The number of carbonyl (C=O) groups excluding carboxylic acids is 1. The number of aromatic nitrogens is 2. The fourth-order valence-electron chi connectivity index (χ4n) is 2.90. The summed E-state index contributed by atoms with van der Waals surface area (Å²) in [6.07, 6.45) is 1.00. The van der Waals surface area contributed by atoms with Crippen LogP contribution in [0.3, 0.4) is 0 Å². The molecule has 28 heavy (non-hydrogen) atoms. The third-order valence-corrected chi connectivity index (χ3v) is 4.48. The van der Waals surface area contributed by atoms with Gasteiger partial charge in [-0.2, -0.15) is 0 Å². The molecule has 0 radical (unpaired) electrons. The average molecular weight is 398 g/mol. The van der Waals surface area contributed by atoms with E-state index in [1.165, 1.54) is 0 Å². The summed E-state index contributed by atoms with van der Waals surface area (Å²) in [5.41, 5.74) is 2.24. The van der Waals surface area contributed by atoms with Gasteiger partial charge in [-0.05, 0) is 51.3 Å². The Labute approximate surface area is 169 Å². The number of nitrogens with one attached hydrogen (secondary N) is 2. The van der Waals surface area contributed by atoms with Crippen molar-refractivity contribution in [3.63, 3.8) is 0 Å². The Balaban J connectivity index is 1.97. The van der Waals surface area contributed by atoms with Gasteiger partial charge in [-0.1, -0.05) is 24.3 Å². The Morgan fingerprint density at radius 1 is 1.07 bits per heavy atom. The first-order valence-electron chi connectivity index (χ1n) is 9.19. The number of carbonyl (C=O) groups is 1. The lowest BCUT2D eigenvalue weighted by molar-refractivity contribution is -0.113. The van der Waals surface area contributed by atoms with Gasteiger partial charge in [-0.3, -0.25) is 4.79 Å². The maximum atomic E-state index is 11.8. The number of hydrogen-bond donors (Lipinski definition) is 2. The number of anilines is 2. The van der Waals surface area contributed by atoms with Crippen molar-refractivity contribution in [3.05, 3.63) is 48.5 Å². The normalized spacial score (nSPS) is 11.0. The predicted molar refractivity (Wildman–Crippen MR) is 116 cm³/mol. The second kappa shape index (κ2) is 9.48. The van der Waals surface area contributed by atoms with Crippen LogP contribution in [0.2, 0.25) is 0 Å². The van der Waals surface area contributed by atoms with Crippen LogP contribution in [0.25, 0.3) is 22.3 Å². The third kappa shape index (κ3) is 4.97. The van der Waals surface area contributed by atoms with Crippen LogP contribution < -0.4 is 10.6 Å². The van der Waals surface area contributed by atoms with E-state index in [-0.39, 0.29) is 11.8 Å². The van der Waals surface area contributed by atoms with Gasteiger partial charge in [0.15, 0.2) is 5.82 Å². The van der Waals surface area contributed by atoms with Gasteiger partial charge in [-0.25, -0.2) is 9.97 Å². The number of para-hydroxylation sites is 2. The molecule has 0 aliphatic rings. The second-order valence-corrected chi connectivity index (χ2v) is 6.99. The van der Waals surface area contributed by atoms with Crippen molar-refractivity contribution < 1.29 is 4.79 Å². The number of amides is 1. The minimum absolute atomic E-state index is 0.106. The second-order valence-electron chi connectivity index (χ2n) is 6.72. The van der Waals surface area contributed by atoms with Crippen molar-refractivity contribution >= 4 is 39.9 Å². The zero-order chi connectivity index (χ0) is 19.9. The van der Waals surface area contributed by atoms with Crippen LogP contribution >= 0.6 is 11.6 Å². The van der Waals surface area contributed by atoms with Crippen molar-refractivity contribution in [1.29, 1.82) is 0 Å². The van der Waals surface area contributed by atoms with Gasteiger partial charge in [0, 0.05) is 17.5 Å². The Morgan fingerprint density at radius 3 is 2.61 bits per heavy atom. The fraction of sp³-hybridized carbons (Fsp3) is 0.286. The van der Waals surface area contributed by atoms with E-state index >= 15 is 0 Å². The molecule has 1 amide bonds. The van der Waals surface area contributed by atoms with Gasteiger partial charge < -0.3 is 15.5 Å². The van der Waals surface area contributed by atoms with E-state index in [9.17, 15) is 4.79 Å². The summed E-state index contributed by atoms with van der Waals surface area (Å²) in [5, 5.41) is 7.22. The van der Waals surface area contributed by atoms with Crippen LogP contribution in [0.5, 0.6) is 0 Å². The van der Waals surface area contributed by atoms with E-state index < -0.39 is 0 Å². The zero-order valence-electron chi connectivity index (χ0n) is 16.1. The van der Waals surface area contributed by atoms with Crippen molar-refractivity contribution in [2.45, 2.75) is 6.42 Å². The molecular formula is C21H24ClN5O. The predicted octanol–water partition coefficient (Wildman–Crippen LogP) is 3.84. The number of nitrogens with zero attached hydrogens (tertiary/aromatic N) is 3. The molecule has 0 aliphatic heterocycles. The molecule has 0 aliphatic carbocycles. The van der Waals surface area contributed by atoms with E-state index in [4.69, 9.17) is 21.6 Å². The molecule has 0 atom stereocenters. The van der Waals surface area contributed by atoms with Crippen LogP contribution in [0.1, 0.15) is 6.42 Å². The Bertz CT molecular complexity index is 960. The molecule has 0 saturated heterocycles. The first-order valence-corrected chi connectivity index (χ1v) is 9.72. The molecule has 0 fully saturated rings. The van der Waals surface area contributed by atoms with E-state index in [1.807, 2.05) is 48.5 Å². The summed E-state index contributed by atoms with van der Waals surface area (Å²) in [6, 6.07) is 15.4. The van der Waals surface area contributed by atoms with Crippen LogP contribution in [0.15, 0.2) is 48.5 Å². The van der Waals surface area contributed by atoms with E-state index in [0.29, 0.717) is 11.5 Å². The largest absolute Gasteiger partial charge is 0.369 e. The lowest BCUT2D eigenvalue weighted by Crippen LogP contribution is -2.17. The fourth-order valence-corrected chi connectivity index (χ4v) is 2.97. The van der Waals surface area contributed by atoms with Crippen molar-refractivity contribution in [2.24, 2.45) is 0 Å². The first kappa shape index (κ1) is 20.0. The minimum atomic E-state index is -0.267. The van der Waals surface area contributed by atoms with E-state index in [1.54, 1.807) is 0 Å². The molecule has 0 unspecified atom stereocenters. The highest BCUT2D eigenvalue weighted by Gasteiger charge is 2.13. The number of hydrogen-bond acceptors (Lipinski definition) is 5. The molecule has 0 saturated carbocycles. The van der Waals surface area contributed by atoms with E-state index in [2.05, 4.69) is 29.6 Å². The standard InChI is InChI=1S/C21H24ClN5O/c1-27(2)13-7-12-23-20-15-8-3-6-11-18(15)25-21(26-20)16-9-4-5-10-17(16)24-19(28)14-22/h3-6,8-11H,7,12-14H2,1-2H3,(H,24,28)(H,23,25,26). The first-order chi connectivity index (χ1) is 13.6. The zero-order valence-corrected chi connectivity index (χ0v) is 16.8. The Kier molecular flexibility index (Phi) is 6.79. The molecule has 1 aromatic heterocycles. The van der Waals surface area contributed by atoms with Crippen molar-refractivity contribution in [3.8, 4) is 11.4 Å². The smallest absolute Gasteiger partial charge is 0.239 e. The monoisotopic (exact) mass is 397 g/mol. The number of alkyl halides is 1. The topological polar surface area (TPSA) is 70.2 Å².